The molecule has 5 heteroatoms. The SMILES string of the molecule is Cc1nnc2ccc(N(C)C(C)c3ccccc3)nn12. The molecule has 0 aliphatic rings. The molecule has 3 rings (SSSR count). The predicted molar refractivity (Wildman–Crippen MR) is 78.8 cm³/mol. The molecule has 102 valence electrons. The molecule has 1 unspecified atom stereocenters. The van der Waals surface area contributed by atoms with E-state index in [1.807, 2.05) is 32.2 Å². The van der Waals surface area contributed by atoms with E-state index in [-0.39, 0.29) is 6.04 Å². The summed E-state index contributed by atoms with van der Waals surface area (Å²) in [6.45, 7) is 4.07. The highest BCUT2D eigenvalue weighted by Crippen LogP contribution is 2.23. The van der Waals surface area contributed by atoms with Crippen LogP contribution in [-0.4, -0.2) is 26.9 Å². The maximum absolute atomic E-state index is 4.60. The first-order chi connectivity index (χ1) is 9.66. The fraction of sp³-hybridized carbons (Fsp3) is 0.267. The summed E-state index contributed by atoms with van der Waals surface area (Å²) < 4.78 is 1.77. The Morgan fingerprint density at radius 2 is 1.80 bits per heavy atom. The van der Waals surface area contributed by atoms with E-state index >= 15 is 0 Å². The number of anilines is 1. The quantitative estimate of drug-likeness (QED) is 0.732. The van der Waals surface area contributed by atoms with Crippen LogP contribution in [0.1, 0.15) is 24.4 Å². The van der Waals surface area contributed by atoms with E-state index in [1.54, 1.807) is 4.52 Å². The summed E-state index contributed by atoms with van der Waals surface area (Å²) in [7, 11) is 2.05. The number of rotatable bonds is 3. The van der Waals surface area contributed by atoms with Crippen LogP contribution < -0.4 is 4.90 Å². The highest BCUT2D eigenvalue weighted by molar-refractivity contribution is 5.46. The number of aromatic nitrogens is 4. The fourth-order valence-corrected chi connectivity index (χ4v) is 2.23. The van der Waals surface area contributed by atoms with Gasteiger partial charge in [0.15, 0.2) is 11.5 Å². The van der Waals surface area contributed by atoms with E-state index in [9.17, 15) is 0 Å². The van der Waals surface area contributed by atoms with E-state index in [1.165, 1.54) is 5.56 Å². The van der Waals surface area contributed by atoms with Gasteiger partial charge in [0.05, 0.1) is 6.04 Å². The summed E-state index contributed by atoms with van der Waals surface area (Å²) in [6, 6.07) is 14.6. The normalized spacial score (nSPS) is 12.6. The van der Waals surface area contributed by atoms with Gasteiger partial charge >= 0.3 is 0 Å². The maximum Gasteiger partial charge on any atom is 0.178 e. The number of nitrogens with zero attached hydrogens (tertiary/aromatic N) is 5. The van der Waals surface area contributed by atoms with E-state index in [0.29, 0.717) is 0 Å². The molecule has 0 N–H and O–H groups in total. The zero-order valence-corrected chi connectivity index (χ0v) is 11.9. The molecule has 0 spiro atoms. The minimum absolute atomic E-state index is 0.248. The molecule has 0 bridgehead atoms. The Kier molecular flexibility index (Phi) is 3.10. The van der Waals surface area contributed by atoms with Gasteiger partial charge in [-0.05, 0) is 31.5 Å². The largest absolute Gasteiger partial charge is 0.351 e. The van der Waals surface area contributed by atoms with Crippen molar-refractivity contribution in [3.05, 3.63) is 53.9 Å². The van der Waals surface area contributed by atoms with E-state index < -0.39 is 0 Å². The molecule has 0 saturated carbocycles. The number of fused-ring (bicyclic) bond motifs is 1. The van der Waals surface area contributed by atoms with Crippen LogP contribution in [-0.2, 0) is 0 Å². The standard InChI is InChI=1S/C15H17N5/c1-11(13-7-5-4-6-8-13)19(3)15-10-9-14-17-16-12(2)20(14)18-15/h4-11H,1-3H3. The van der Waals surface area contributed by atoms with Gasteiger partial charge in [0.1, 0.15) is 5.82 Å². The van der Waals surface area contributed by atoms with Gasteiger partial charge in [-0.15, -0.1) is 15.3 Å². The molecule has 5 nitrogen and oxygen atoms in total. The van der Waals surface area contributed by atoms with Crippen molar-refractivity contribution in [1.82, 2.24) is 19.8 Å². The topological polar surface area (TPSA) is 46.3 Å². The number of hydrogen-bond acceptors (Lipinski definition) is 4. The lowest BCUT2D eigenvalue weighted by Crippen LogP contribution is -2.23. The van der Waals surface area contributed by atoms with Gasteiger partial charge in [-0.1, -0.05) is 30.3 Å². The molecular formula is C15H17N5. The van der Waals surface area contributed by atoms with Crippen molar-refractivity contribution in [3.8, 4) is 0 Å². The van der Waals surface area contributed by atoms with Crippen molar-refractivity contribution >= 4 is 11.5 Å². The van der Waals surface area contributed by atoms with Crippen molar-refractivity contribution in [2.24, 2.45) is 0 Å². The Bertz CT molecular complexity index is 719. The van der Waals surface area contributed by atoms with Crippen LogP contribution in [0.4, 0.5) is 5.82 Å². The highest BCUT2D eigenvalue weighted by Gasteiger charge is 2.14. The number of aryl methyl sites for hydroxylation is 1. The Balaban J connectivity index is 1.95. The third-order valence-electron chi connectivity index (χ3n) is 3.63. The van der Waals surface area contributed by atoms with Gasteiger partial charge in [-0.2, -0.15) is 4.52 Å². The first-order valence-electron chi connectivity index (χ1n) is 6.63. The average molecular weight is 267 g/mol. The molecule has 0 radical (unpaired) electrons. The van der Waals surface area contributed by atoms with Gasteiger partial charge in [0, 0.05) is 7.05 Å². The second kappa shape index (κ2) is 4.92. The Labute approximate surface area is 117 Å². The van der Waals surface area contributed by atoms with Gasteiger partial charge in [-0.3, -0.25) is 0 Å². The second-order valence-corrected chi connectivity index (χ2v) is 4.91. The monoisotopic (exact) mass is 267 g/mol. The lowest BCUT2D eigenvalue weighted by Gasteiger charge is -2.26. The number of hydrogen-bond donors (Lipinski definition) is 0. The summed E-state index contributed by atoms with van der Waals surface area (Å²) >= 11 is 0. The molecule has 0 aliphatic heterocycles. The maximum atomic E-state index is 4.60. The minimum atomic E-state index is 0.248. The van der Waals surface area contributed by atoms with Crippen molar-refractivity contribution in [3.63, 3.8) is 0 Å². The predicted octanol–water partition coefficient (Wildman–Crippen LogP) is 2.63. The van der Waals surface area contributed by atoms with E-state index in [4.69, 9.17) is 0 Å². The molecule has 2 heterocycles. The third kappa shape index (κ3) is 2.11. The van der Waals surface area contributed by atoms with Crippen LogP contribution >= 0.6 is 0 Å². The van der Waals surface area contributed by atoms with Crippen molar-refractivity contribution < 1.29 is 0 Å². The molecule has 1 aromatic carbocycles. The molecule has 0 amide bonds. The molecule has 0 saturated heterocycles. The summed E-state index contributed by atoms with van der Waals surface area (Å²) in [5, 5.41) is 12.7. The summed E-state index contributed by atoms with van der Waals surface area (Å²) in [5.41, 5.74) is 2.03. The Morgan fingerprint density at radius 1 is 1.05 bits per heavy atom. The first-order valence-corrected chi connectivity index (χ1v) is 6.63. The molecule has 20 heavy (non-hydrogen) atoms. The van der Waals surface area contributed by atoms with E-state index in [0.717, 1.165) is 17.3 Å². The van der Waals surface area contributed by atoms with Crippen LogP contribution in [0, 0.1) is 6.92 Å². The van der Waals surface area contributed by atoms with Gasteiger partial charge in [0.25, 0.3) is 0 Å². The van der Waals surface area contributed by atoms with Crippen LogP contribution in [0.15, 0.2) is 42.5 Å². The Morgan fingerprint density at radius 3 is 2.55 bits per heavy atom. The summed E-state index contributed by atoms with van der Waals surface area (Å²) in [5.74, 6) is 1.69. The molecule has 0 fully saturated rings. The Hall–Kier alpha value is -2.43. The van der Waals surface area contributed by atoms with Crippen molar-refractivity contribution in [2.45, 2.75) is 19.9 Å². The van der Waals surface area contributed by atoms with Crippen LogP contribution in [0.25, 0.3) is 5.65 Å². The third-order valence-corrected chi connectivity index (χ3v) is 3.63. The molecule has 2 aromatic heterocycles. The van der Waals surface area contributed by atoms with Crippen LogP contribution in [0.2, 0.25) is 0 Å². The lowest BCUT2D eigenvalue weighted by molar-refractivity contribution is 0.712. The molecular weight excluding hydrogens is 250 g/mol. The smallest absolute Gasteiger partial charge is 0.178 e. The van der Waals surface area contributed by atoms with Gasteiger partial charge in [0.2, 0.25) is 0 Å². The van der Waals surface area contributed by atoms with Crippen LogP contribution in [0.5, 0.6) is 0 Å². The summed E-state index contributed by atoms with van der Waals surface area (Å²) in [4.78, 5) is 2.15. The number of benzene rings is 1. The van der Waals surface area contributed by atoms with Crippen molar-refractivity contribution in [1.29, 1.82) is 0 Å². The van der Waals surface area contributed by atoms with Crippen LogP contribution in [0.3, 0.4) is 0 Å². The lowest BCUT2D eigenvalue weighted by atomic mass is 10.1. The molecule has 1 atom stereocenters. The zero-order valence-electron chi connectivity index (χ0n) is 11.9. The average Bonchev–Trinajstić information content (AvgIpc) is 2.87. The first kappa shape index (κ1) is 12.6. The molecule has 3 aromatic rings. The van der Waals surface area contributed by atoms with Crippen molar-refractivity contribution in [2.75, 3.05) is 11.9 Å². The van der Waals surface area contributed by atoms with Gasteiger partial charge < -0.3 is 4.90 Å². The highest BCUT2D eigenvalue weighted by atomic mass is 15.4. The van der Waals surface area contributed by atoms with E-state index in [2.05, 4.69) is 51.4 Å². The fourth-order valence-electron chi connectivity index (χ4n) is 2.23. The molecule has 0 aliphatic carbocycles. The van der Waals surface area contributed by atoms with Gasteiger partial charge in [-0.25, -0.2) is 0 Å². The minimum Gasteiger partial charge on any atom is -0.351 e. The summed E-state index contributed by atoms with van der Waals surface area (Å²) in [6.07, 6.45) is 0. The zero-order chi connectivity index (χ0) is 14.1. The second-order valence-electron chi connectivity index (χ2n) is 4.91.